The first kappa shape index (κ1) is 27.2. The van der Waals surface area contributed by atoms with Gasteiger partial charge in [0.2, 0.25) is 0 Å². The molecule has 5 nitrogen and oxygen atoms in total. The number of hydrogen-bond acceptors (Lipinski definition) is 6. The molecule has 2 aromatic heterocycles. The third-order valence-corrected chi connectivity index (χ3v) is 9.61. The largest absolute Gasteiger partial charge is 0.325 e. The van der Waals surface area contributed by atoms with Crippen LogP contribution >= 0.6 is 23.5 Å². The van der Waals surface area contributed by atoms with Gasteiger partial charge in [-0.1, -0.05) is 67.1 Å². The monoisotopic (exact) mass is 568 g/mol. The van der Waals surface area contributed by atoms with E-state index in [0.717, 1.165) is 29.2 Å². The van der Waals surface area contributed by atoms with E-state index < -0.39 is 0 Å². The second kappa shape index (κ2) is 11.5. The predicted molar refractivity (Wildman–Crippen MR) is 168 cm³/mol. The lowest BCUT2D eigenvalue weighted by molar-refractivity contribution is -0.891. The molecule has 206 valence electrons. The Kier molecular flexibility index (Phi) is 7.80. The van der Waals surface area contributed by atoms with E-state index in [4.69, 9.17) is 9.97 Å². The van der Waals surface area contributed by atoms with Gasteiger partial charge in [0.05, 0.1) is 60.4 Å². The summed E-state index contributed by atoms with van der Waals surface area (Å²) >= 11 is 3.63. The summed E-state index contributed by atoms with van der Waals surface area (Å²) < 4.78 is 0.879. The van der Waals surface area contributed by atoms with E-state index in [-0.39, 0.29) is 12.1 Å². The molecule has 0 amide bonds. The van der Waals surface area contributed by atoms with Crippen LogP contribution in [-0.4, -0.2) is 53.7 Å². The molecule has 2 aliphatic heterocycles. The molecule has 2 aromatic carbocycles. The van der Waals surface area contributed by atoms with E-state index in [1.165, 1.54) is 50.2 Å². The minimum atomic E-state index is 0.271. The Hall–Kier alpha value is -3.00. The average molecular weight is 569 g/mol. The zero-order valence-corrected chi connectivity index (χ0v) is 25.5. The number of nitrogens with zero attached hydrogens (tertiary/aromatic N) is 5. The minimum Gasteiger partial charge on any atom is -0.325 e. The molecule has 1 saturated carbocycles. The number of aromatic nitrogens is 2. The van der Waals surface area contributed by atoms with Crippen LogP contribution in [0.1, 0.15) is 33.1 Å². The number of pyridine rings is 2. The van der Waals surface area contributed by atoms with E-state index >= 15 is 0 Å². The van der Waals surface area contributed by atoms with Gasteiger partial charge < -0.3 is 14.3 Å². The van der Waals surface area contributed by atoms with Crippen molar-refractivity contribution >= 4 is 46.5 Å². The van der Waals surface area contributed by atoms with Gasteiger partial charge >= 0.3 is 0 Å². The van der Waals surface area contributed by atoms with Crippen molar-refractivity contribution in [2.24, 2.45) is 0 Å². The molecule has 4 aromatic rings. The molecule has 7 heteroatoms. The third-order valence-electron chi connectivity index (χ3n) is 7.40. The Morgan fingerprint density at radius 1 is 0.625 bits per heavy atom. The van der Waals surface area contributed by atoms with Crippen molar-refractivity contribution in [3.8, 4) is 0 Å². The summed E-state index contributed by atoms with van der Waals surface area (Å²) in [6.45, 7) is 6.64. The third kappa shape index (κ3) is 5.73. The lowest BCUT2D eigenvalue weighted by Gasteiger charge is -2.43. The molecule has 0 bridgehead atoms. The predicted octanol–water partition coefficient (Wildman–Crippen LogP) is 8.41. The number of fused-ring (bicyclic) bond motifs is 4. The SMILES string of the molecule is C1CC1.CC(C[N+](C)(C)CC(C)N1c2ccccc2Sc2cccnc21)N1c2ccccc2Sc2cccnc21. The Labute approximate surface area is 247 Å². The highest BCUT2D eigenvalue weighted by Gasteiger charge is 2.35. The molecule has 7 rings (SSSR count). The van der Waals surface area contributed by atoms with E-state index in [9.17, 15) is 0 Å². The summed E-state index contributed by atoms with van der Waals surface area (Å²) in [5.74, 6) is 2.12. The van der Waals surface area contributed by atoms with Crippen molar-refractivity contribution in [2.75, 3.05) is 37.0 Å². The van der Waals surface area contributed by atoms with Gasteiger partial charge in [-0.15, -0.1) is 0 Å². The summed E-state index contributed by atoms with van der Waals surface area (Å²) in [6.07, 6.45) is 8.32. The van der Waals surface area contributed by atoms with Crippen molar-refractivity contribution in [1.82, 2.24) is 9.97 Å². The molecule has 0 saturated heterocycles. The quantitative estimate of drug-likeness (QED) is 0.217. The van der Waals surface area contributed by atoms with Crippen molar-refractivity contribution in [3.05, 3.63) is 85.2 Å². The summed E-state index contributed by atoms with van der Waals surface area (Å²) in [5.41, 5.74) is 2.50. The molecule has 2 unspecified atom stereocenters. The molecule has 1 aliphatic carbocycles. The van der Waals surface area contributed by atoms with Crippen LogP contribution in [-0.2, 0) is 0 Å². The molecule has 0 spiro atoms. The minimum absolute atomic E-state index is 0.271. The number of likely N-dealkylation sites (N-methyl/N-ethyl adjacent to an activating group) is 1. The molecule has 0 N–H and O–H groups in total. The maximum absolute atomic E-state index is 4.81. The van der Waals surface area contributed by atoms with Crippen LogP contribution in [0, 0.1) is 0 Å². The van der Waals surface area contributed by atoms with Crippen molar-refractivity contribution < 1.29 is 4.48 Å². The molecule has 1 fully saturated rings. The standard InChI is InChI=1S/C30H32N5S2.C3H6/c1-21(33-23-11-5-7-13-25(23)36-27-15-9-17-31-29(27)33)19-35(3,4)20-22(2)34-24-12-6-8-14-26(24)37-28-16-10-18-32-30(28)34;1-2-3-1/h5-18,21-22H,19-20H2,1-4H3;1-3H2/q+1;. The number of quaternary nitrogens is 1. The second-order valence-corrected chi connectivity index (χ2v) is 13.8. The zero-order valence-electron chi connectivity index (χ0n) is 23.8. The number of para-hydroxylation sites is 2. The Morgan fingerprint density at radius 3 is 1.45 bits per heavy atom. The first-order valence-electron chi connectivity index (χ1n) is 14.3. The molecule has 2 atom stereocenters. The van der Waals surface area contributed by atoms with Crippen LogP contribution in [0.4, 0.5) is 23.0 Å². The number of rotatable bonds is 6. The van der Waals surface area contributed by atoms with Crippen LogP contribution in [0.2, 0.25) is 0 Å². The van der Waals surface area contributed by atoms with Gasteiger partial charge in [-0.2, -0.15) is 0 Å². The number of anilines is 4. The van der Waals surface area contributed by atoms with Crippen molar-refractivity contribution in [2.45, 2.75) is 64.8 Å². The normalized spacial score (nSPS) is 16.4. The summed E-state index contributed by atoms with van der Waals surface area (Å²) in [6, 6.07) is 26.4. The molecule has 0 radical (unpaired) electrons. The summed E-state index contributed by atoms with van der Waals surface area (Å²) in [4.78, 5) is 19.5. The van der Waals surface area contributed by atoms with Crippen molar-refractivity contribution in [3.63, 3.8) is 0 Å². The smallest absolute Gasteiger partial charge is 0.147 e. The molecule has 40 heavy (non-hydrogen) atoms. The van der Waals surface area contributed by atoms with Crippen LogP contribution in [0.25, 0.3) is 0 Å². The highest BCUT2D eigenvalue weighted by molar-refractivity contribution is 8.00. The molecule has 3 aliphatic rings. The van der Waals surface area contributed by atoms with Gasteiger partial charge in [-0.3, -0.25) is 0 Å². The second-order valence-electron chi connectivity index (χ2n) is 11.6. The lowest BCUT2D eigenvalue weighted by atomic mass is 10.1. The maximum Gasteiger partial charge on any atom is 0.147 e. The fourth-order valence-corrected chi connectivity index (χ4v) is 7.88. The topological polar surface area (TPSA) is 32.3 Å². The van der Waals surface area contributed by atoms with E-state index in [0.29, 0.717) is 0 Å². The Balaban J connectivity index is 0.000000905. The first-order valence-corrected chi connectivity index (χ1v) is 15.9. The van der Waals surface area contributed by atoms with E-state index in [1.807, 2.05) is 48.1 Å². The highest BCUT2D eigenvalue weighted by Crippen LogP contribution is 2.49. The van der Waals surface area contributed by atoms with E-state index in [1.54, 1.807) is 0 Å². The van der Waals surface area contributed by atoms with Gasteiger partial charge in [-0.25, -0.2) is 9.97 Å². The number of hydrogen-bond donors (Lipinski definition) is 0. The van der Waals surface area contributed by atoms with Gasteiger partial charge in [0.1, 0.15) is 11.6 Å². The highest BCUT2D eigenvalue weighted by atomic mass is 32.2. The molecular formula is C33H38N5S2+. The van der Waals surface area contributed by atoms with Gasteiger partial charge in [0, 0.05) is 22.2 Å². The lowest BCUT2D eigenvalue weighted by Crippen LogP contribution is -2.54. The summed E-state index contributed by atoms with van der Waals surface area (Å²) in [7, 11) is 4.70. The van der Waals surface area contributed by atoms with Gasteiger partial charge in [-0.05, 0) is 62.4 Å². The molecule has 4 heterocycles. The van der Waals surface area contributed by atoms with Crippen LogP contribution in [0.5, 0.6) is 0 Å². The van der Waals surface area contributed by atoms with E-state index in [2.05, 4.69) is 98.4 Å². The van der Waals surface area contributed by atoms with Crippen LogP contribution in [0.3, 0.4) is 0 Å². The average Bonchev–Trinajstić information content (AvgIpc) is 3.84. The van der Waals surface area contributed by atoms with Gasteiger partial charge in [0.15, 0.2) is 0 Å². The molecular weight excluding hydrogens is 531 g/mol. The first-order chi connectivity index (χ1) is 19.4. The Bertz CT molecular complexity index is 1290. The van der Waals surface area contributed by atoms with Crippen LogP contribution < -0.4 is 9.80 Å². The number of benzene rings is 2. The fraction of sp³-hybridized carbons (Fsp3) is 0.333. The van der Waals surface area contributed by atoms with Crippen molar-refractivity contribution in [1.29, 1.82) is 0 Å². The van der Waals surface area contributed by atoms with Crippen LogP contribution in [0.15, 0.2) is 105 Å². The fourth-order valence-electron chi connectivity index (χ4n) is 5.80. The summed E-state index contributed by atoms with van der Waals surface area (Å²) in [5, 5.41) is 0. The Morgan fingerprint density at radius 2 is 1.02 bits per heavy atom. The maximum atomic E-state index is 4.81. The zero-order chi connectivity index (χ0) is 27.7. The van der Waals surface area contributed by atoms with Gasteiger partial charge in [0.25, 0.3) is 0 Å².